The number of aliphatic hydroxyl groups is 1. The van der Waals surface area contributed by atoms with Crippen molar-refractivity contribution < 1.29 is 9.52 Å². The fourth-order valence-corrected chi connectivity index (χ4v) is 2.35. The Morgan fingerprint density at radius 2 is 1.94 bits per heavy atom. The Balaban J connectivity index is 2.27. The SMILES string of the molecule is CC(CO)c1ccc2c(c1)oc1ccc(Cl)cc12. The number of hydrogen-bond acceptors (Lipinski definition) is 2. The first-order valence-electron chi connectivity index (χ1n) is 5.91. The van der Waals surface area contributed by atoms with Crippen molar-refractivity contribution in [1.82, 2.24) is 0 Å². The molecule has 0 aliphatic carbocycles. The molecule has 3 rings (SSSR count). The molecule has 0 aliphatic heterocycles. The van der Waals surface area contributed by atoms with E-state index in [-0.39, 0.29) is 12.5 Å². The number of rotatable bonds is 2. The van der Waals surface area contributed by atoms with Gasteiger partial charge in [-0.15, -0.1) is 0 Å². The van der Waals surface area contributed by atoms with Crippen LogP contribution in [0.1, 0.15) is 18.4 Å². The topological polar surface area (TPSA) is 33.4 Å². The maximum atomic E-state index is 9.19. The van der Waals surface area contributed by atoms with Crippen LogP contribution in [0.15, 0.2) is 40.8 Å². The zero-order valence-electron chi connectivity index (χ0n) is 9.98. The maximum Gasteiger partial charge on any atom is 0.135 e. The van der Waals surface area contributed by atoms with Gasteiger partial charge >= 0.3 is 0 Å². The van der Waals surface area contributed by atoms with Gasteiger partial charge in [-0.2, -0.15) is 0 Å². The first kappa shape index (κ1) is 11.6. The van der Waals surface area contributed by atoms with Gasteiger partial charge in [-0.05, 0) is 29.8 Å². The van der Waals surface area contributed by atoms with E-state index in [1.54, 1.807) is 0 Å². The van der Waals surface area contributed by atoms with Gasteiger partial charge in [0.1, 0.15) is 11.2 Å². The van der Waals surface area contributed by atoms with Crippen LogP contribution in [0, 0.1) is 0 Å². The summed E-state index contributed by atoms with van der Waals surface area (Å²) in [6, 6.07) is 11.7. The van der Waals surface area contributed by atoms with Crippen LogP contribution in [0.25, 0.3) is 21.9 Å². The fraction of sp³-hybridized carbons (Fsp3) is 0.200. The lowest BCUT2D eigenvalue weighted by atomic mass is 10.0. The van der Waals surface area contributed by atoms with Crippen molar-refractivity contribution in [2.45, 2.75) is 12.8 Å². The molecule has 3 aromatic rings. The summed E-state index contributed by atoms with van der Waals surface area (Å²) in [5, 5.41) is 12.0. The Hall–Kier alpha value is -1.51. The van der Waals surface area contributed by atoms with Crippen LogP contribution < -0.4 is 0 Å². The van der Waals surface area contributed by atoms with Crippen molar-refractivity contribution in [1.29, 1.82) is 0 Å². The maximum absolute atomic E-state index is 9.19. The van der Waals surface area contributed by atoms with E-state index in [9.17, 15) is 5.11 Å². The highest BCUT2D eigenvalue weighted by Crippen LogP contribution is 2.32. The van der Waals surface area contributed by atoms with Gasteiger partial charge in [-0.3, -0.25) is 0 Å². The molecule has 0 aliphatic rings. The van der Waals surface area contributed by atoms with Gasteiger partial charge in [0.2, 0.25) is 0 Å². The minimum Gasteiger partial charge on any atom is -0.456 e. The summed E-state index contributed by atoms with van der Waals surface area (Å²) in [7, 11) is 0. The van der Waals surface area contributed by atoms with Crippen LogP contribution in [0.4, 0.5) is 0 Å². The molecular formula is C15H13ClO2. The first-order chi connectivity index (χ1) is 8.69. The molecule has 0 saturated carbocycles. The van der Waals surface area contributed by atoms with Crippen molar-refractivity contribution in [2.24, 2.45) is 0 Å². The molecule has 0 radical (unpaired) electrons. The lowest BCUT2D eigenvalue weighted by Crippen LogP contribution is -1.97. The molecule has 0 bridgehead atoms. The van der Waals surface area contributed by atoms with Crippen molar-refractivity contribution in [3.63, 3.8) is 0 Å². The van der Waals surface area contributed by atoms with Crippen LogP contribution in [-0.2, 0) is 0 Å². The molecule has 2 aromatic carbocycles. The summed E-state index contributed by atoms with van der Waals surface area (Å²) in [6.07, 6.45) is 0. The average Bonchev–Trinajstić information content (AvgIpc) is 2.74. The smallest absolute Gasteiger partial charge is 0.135 e. The summed E-state index contributed by atoms with van der Waals surface area (Å²) in [6.45, 7) is 2.12. The quantitative estimate of drug-likeness (QED) is 0.744. The second kappa shape index (κ2) is 4.30. The zero-order chi connectivity index (χ0) is 12.7. The van der Waals surface area contributed by atoms with E-state index in [2.05, 4.69) is 0 Å². The van der Waals surface area contributed by atoms with Gasteiger partial charge in [-0.1, -0.05) is 30.7 Å². The average molecular weight is 261 g/mol. The number of furan rings is 1. The highest BCUT2D eigenvalue weighted by Gasteiger charge is 2.10. The Labute approximate surface area is 110 Å². The summed E-state index contributed by atoms with van der Waals surface area (Å²) in [4.78, 5) is 0. The van der Waals surface area contributed by atoms with Crippen molar-refractivity contribution >= 4 is 33.5 Å². The van der Waals surface area contributed by atoms with Gasteiger partial charge in [0.05, 0.1) is 0 Å². The molecule has 0 fully saturated rings. The number of halogens is 1. The molecule has 3 heteroatoms. The normalized spacial score (nSPS) is 13.3. The predicted octanol–water partition coefficient (Wildman–Crippen LogP) is 4.34. The number of fused-ring (bicyclic) bond motifs is 3. The van der Waals surface area contributed by atoms with Gasteiger partial charge in [-0.25, -0.2) is 0 Å². The van der Waals surface area contributed by atoms with Crippen LogP contribution in [0.5, 0.6) is 0 Å². The van der Waals surface area contributed by atoms with E-state index in [1.165, 1.54) is 0 Å². The summed E-state index contributed by atoms with van der Waals surface area (Å²) in [5.41, 5.74) is 2.75. The van der Waals surface area contributed by atoms with Crippen molar-refractivity contribution in [3.8, 4) is 0 Å². The molecule has 1 heterocycles. The molecule has 18 heavy (non-hydrogen) atoms. The summed E-state index contributed by atoms with van der Waals surface area (Å²) in [5.74, 6) is 0.117. The molecule has 1 atom stereocenters. The third-order valence-electron chi connectivity index (χ3n) is 3.30. The Kier molecular flexibility index (Phi) is 2.77. The van der Waals surface area contributed by atoms with Gasteiger partial charge < -0.3 is 9.52 Å². The largest absolute Gasteiger partial charge is 0.456 e. The molecule has 92 valence electrons. The van der Waals surface area contributed by atoms with E-state index in [1.807, 2.05) is 43.3 Å². The molecule has 0 saturated heterocycles. The van der Waals surface area contributed by atoms with Crippen LogP contribution in [0.3, 0.4) is 0 Å². The Bertz CT molecular complexity index is 715. The van der Waals surface area contributed by atoms with E-state index in [4.69, 9.17) is 16.0 Å². The van der Waals surface area contributed by atoms with E-state index < -0.39 is 0 Å². The van der Waals surface area contributed by atoms with Crippen LogP contribution in [-0.4, -0.2) is 11.7 Å². The van der Waals surface area contributed by atoms with Gasteiger partial charge in [0.15, 0.2) is 0 Å². The lowest BCUT2D eigenvalue weighted by molar-refractivity contribution is 0.273. The highest BCUT2D eigenvalue weighted by molar-refractivity contribution is 6.31. The van der Waals surface area contributed by atoms with E-state index in [0.717, 1.165) is 27.5 Å². The molecule has 1 aromatic heterocycles. The van der Waals surface area contributed by atoms with Crippen LogP contribution >= 0.6 is 11.6 Å². The Morgan fingerprint density at radius 1 is 1.11 bits per heavy atom. The Morgan fingerprint density at radius 3 is 2.72 bits per heavy atom. The predicted molar refractivity (Wildman–Crippen MR) is 74.2 cm³/mol. The molecule has 1 N–H and O–H groups in total. The standard InChI is InChI=1S/C15H13ClO2/c1-9(8-17)10-2-4-12-13-7-11(16)3-5-14(13)18-15(12)6-10/h2-7,9,17H,8H2,1H3. The van der Waals surface area contributed by atoms with E-state index >= 15 is 0 Å². The minimum atomic E-state index is 0.117. The van der Waals surface area contributed by atoms with Crippen molar-refractivity contribution in [2.75, 3.05) is 6.61 Å². The molecule has 1 unspecified atom stereocenters. The van der Waals surface area contributed by atoms with Gasteiger partial charge in [0, 0.05) is 28.3 Å². The van der Waals surface area contributed by atoms with Crippen molar-refractivity contribution in [3.05, 3.63) is 47.0 Å². The second-order valence-electron chi connectivity index (χ2n) is 4.58. The zero-order valence-corrected chi connectivity index (χ0v) is 10.7. The van der Waals surface area contributed by atoms with Crippen LogP contribution in [0.2, 0.25) is 5.02 Å². The molecule has 0 amide bonds. The number of aliphatic hydroxyl groups excluding tert-OH is 1. The lowest BCUT2D eigenvalue weighted by Gasteiger charge is -2.07. The first-order valence-corrected chi connectivity index (χ1v) is 6.29. The third-order valence-corrected chi connectivity index (χ3v) is 3.54. The van der Waals surface area contributed by atoms with E-state index in [0.29, 0.717) is 5.02 Å². The molecule has 0 spiro atoms. The monoisotopic (exact) mass is 260 g/mol. The third kappa shape index (κ3) is 1.78. The molecular weight excluding hydrogens is 248 g/mol. The second-order valence-corrected chi connectivity index (χ2v) is 5.02. The number of hydrogen-bond donors (Lipinski definition) is 1. The fourth-order valence-electron chi connectivity index (χ4n) is 2.18. The highest BCUT2D eigenvalue weighted by atomic mass is 35.5. The molecule has 2 nitrogen and oxygen atoms in total. The number of benzene rings is 2. The summed E-state index contributed by atoms with van der Waals surface area (Å²) >= 11 is 6.01. The van der Waals surface area contributed by atoms with Gasteiger partial charge in [0.25, 0.3) is 0 Å². The summed E-state index contributed by atoms with van der Waals surface area (Å²) < 4.78 is 5.80. The minimum absolute atomic E-state index is 0.117.